The van der Waals surface area contributed by atoms with E-state index in [1.165, 1.54) is 18.4 Å². The number of thiophene rings is 1. The topological polar surface area (TPSA) is 113 Å². The first-order valence-corrected chi connectivity index (χ1v) is 12.1. The number of halogens is 2. The highest BCUT2D eigenvalue weighted by Crippen LogP contribution is 2.44. The van der Waals surface area contributed by atoms with Gasteiger partial charge >= 0.3 is 11.9 Å². The van der Waals surface area contributed by atoms with Gasteiger partial charge in [0.15, 0.2) is 0 Å². The summed E-state index contributed by atoms with van der Waals surface area (Å²) in [7, 11) is 3.12. The molecule has 1 atom stereocenters. The van der Waals surface area contributed by atoms with E-state index in [0.717, 1.165) is 20.8 Å². The molecular weight excluding hydrogens is 480 g/mol. The maximum Gasteiger partial charge on any atom is 0.334 e. The van der Waals surface area contributed by atoms with Crippen LogP contribution >= 0.6 is 11.3 Å². The van der Waals surface area contributed by atoms with Gasteiger partial charge in [-0.3, -0.25) is 4.90 Å². The number of aryl methyl sites for hydroxylation is 1. The van der Waals surface area contributed by atoms with Crippen molar-refractivity contribution < 1.29 is 33.3 Å². The molecule has 0 saturated heterocycles. The van der Waals surface area contributed by atoms with Crippen LogP contribution in [0.1, 0.15) is 61.8 Å². The van der Waals surface area contributed by atoms with Crippen molar-refractivity contribution in [1.82, 2.24) is 14.9 Å². The van der Waals surface area contributed by atoms with Crippen molar-refractivity contribution in [1.29, 1.82) is 0 Å². The van der Waals surface area contributed by atoms with E-state index in [2.05, 4.69) is 9.97 Å². The lowest BCUT2D eigenvalue weighted by Gasteiger charge is -2.41. The van der Waals surface area contributed by atoms with E-state index >= 15 is 0 Å². The van der Waals surface area contributed by atoms with Crippen molar-refractivity contribution in [2.45, 2.75) is 76.5 Å². The van der Waals surface area contributed by atoms with Crippen LogP contribution in [0, 0.1) is 6.92 Å². The molecule has 0 radical (unpaired) electrons. The lowest BCUT2D eigenvalue weighted by atomic mass is 9.86. The third kappa shape index (κ3) is 6.02. The van der Waals surface area contributed by atoms with Gasteiger partial charge in [-0.1, -0.05) is 0 Å². The third-order valence-electron chi connectivity index (χ3n) is 6.78. The second-order valence-corrected chi connectivity index (χ2v) is 10.6. The number of alkyl halides is 2. The van der Waals surface area contributed by atoms with Crippen LogP contribution in [0.3, 0.4) is 0 Å². The van der Waals surface area contributed by atoms with Crippen molar-refractivity contribution in [2.24, 2.45) is 0 Å². The minimum absolute atomic E-state index is 0.0632. The van der Waals surface area contributed by atoms with Crippen molar-refractivity contribution in [3.05, 3.63) is 34.1 Å². The zero-order valence-electron chi connectivity index (χ0n) is 20.5. The molecule has 2 N–H and O–H groups in total. The minimum atomic E-state index is -2.59. The van der Waals surface area contributed by atoms with Crippen LogP contribution < -0.4 is 0 Å². The molecule has 1 unspecified atom stereocenters. The first-order chi connectivity index (χ1) is 16.2. The highest BCUT2D eigenvalue weighted by Gasteiger charge is 2.40. The first kappa shape index (κ1) is 27.1. The molecule has 11 heteroatoms. The summed E-state index contributed by atoms with van der Waals surface area (Å²) in [5.74, 6) is -4.70. The molecule has 1 fully saturated rings. The number of methoxy groups -OCH3 is 1. The molecule has 35 heavy (non-hydrogen) atoms. The van der Waals surface area contributed by atoms with Gasteiger partial charge in [0.1, 0.15) is 16.8 Å². The van der Waals surface area contributed by atoms with E-state index in [-0.39, 0.29) is 24.3 Å². The number of hydrogen-bond acceptors (Lipinski definition) is 7. The highest BCUT2D eigenvalue weighted by atomic mass is 32.1. The van der Waals surface area contributed by atoms with Crippen LogP contribution in [0.5, 0.6) is 0 Å². The number of carboxylic acid groups (broad SMARTS) is 2. The molecule has 1 aliphatic carbocycles. The van der Waals surface area contributed by atoms with Crippen molar-refractivity contribution in [2.75, 3.05) is 14.2 Å². The number of carbonyl (C=O) groups is 2. The second-order valence-electron chi connectivity index (χ2n) is 9.58. The van der Waals surface area contributed by atoms with Crippen LogP contribution in [-0.4, -0.2) is 68.7 Å². The number of likely N-dealkylation sites (N-methyl/N-ethyl adjacent to an activating group) is 1. The second kappa shape index (κ2) is 10.2. The molecule has 2 heterocycles. The summed E-state index contributed by atoms with van der Waals surface area (Å²) in [6.07, 6.45) is 0.234. The molecule has 0 aromatic carbocycles. The van der Waals surface area contributed by atoms with Crippen LogP contribution in [-0.2, 0) is 20.9 Å². The highest BCUT2D eigenvalue weighted by molar-refractivity contribution is 7.18. The Morgan fingerprint density at radius 1 is 1.31 bits per heavy atom. The zero-order valence-corrected chi connectivity index (χ0v) is 21.3. The van der Waals surface area contributed by atoms with Crippen molar-refractivity contribution in [3.63, 3.8) is 0 Å². The average Bonchev–Trinajstić information content (AvgIpc) is 3.16. The number of rotatable bonds is 9. The van der Waals surface area contributed by atoms with Crippen LogP contribution in [0.25, 0.3) is 10.2 Å². The maximum atomic E-state index is 13.6. The summed E-state index contributed by atoms with van der Waals surface area (Å²) >= 11 is 1.50. The Hall–Kier alpha value is -2.50. The SMILES string of the molecule is COC(C(=CC(=O)O)C(=O)O)C(C)(C)N(C)Cc1nc(C)nc2sc(C3CCC(F)(F)CC3)cc12. The number of aliphatic carboxylic acids is 2. The number of carboxylic acids is 2. The predicted octanol–water partition coefficient (Wildman–Crippen LogP) is 4.61. The fourth-order valence-electron chi connectivity index (χ4n) is 4.57. The molecule has 0 bridgehead atoms. The van der Waals surface area contributed by atoms with E-state index < -0.39 is 29.5 Å². The van der Waals surface area contributed by atoms with Crippen molar-refractivity contribution in [3.8, 4) is 0 Å². The van der Waals surface area contributed by atoms with Gasteiger partial charge in [-0.05, 0) is 52.6 Å². The van der Waals surface area contributed by atoms with E-state index in [1.54, 1.807) is 27.8 Å². The summed E-state index contributed by atoms with van der Waals surface area (Å²) in [5, 5.41) is 19.6. The molecule has 0 aliphatic heterocycles. The number of hydrogen-bond donors (Lipinski definition) is 2. The predicted molar refractivity (Wildman–Crippen MR) is 128 cm³/mol. The zero-order chi connectivity index (χ0) is 26.1. The van der Waals surface area contributed by atoms with E-state index in [4.69, 9.17) is 9.84 Å². The largest absolute Gasteiger partial charge is 0.478 e. The molecule has 0 amide bonds. The van der Waals surface area contributed by atoms with E-state index in [0.29, 0.717) is 31.3 Å². The smallest absolute Gasteiger partial charge is 0.334 e. The quantitative estimate of drug-likeness (QED) is 0.469. The summed E-state index contributed by atoms with van der Waals surface area (Å²) in [6, 6.07) is 1.99. The fraction of sp³-hybridized carbons (Fsp3) is 0.583. The van der Waals surface area contributed by atoms with Gasteiger partial charge in [-0.15, -0.1) is 11.3 Å². The average molecular weight is 512 g/mol. The van der Waals surface area contributed by atoms with Crippen molar-refractivity contribution >= 4 is 33.5 Å². The molecule has 2 aromatic heterocycles. The number of nitrogens with zero attached hydrogens (tertiary/aromatic N) is 3. The lowest BCUT2D eigenvalue weighted by molar-refractivity contribution is -0.137. The minimum Gasteiger partial charge on any atom is -0.478 e. The maximum absolute atomic E-state index is 13.6. The summed E-state index contributed by atoms with van der Waals surface area (Å²) in [4.78, 5) is 35.8. The van der Waals surface area contributed by atoms with E-state index in [1.807, 2.05) is 11.0 Å². The Labute approximate surface area is 206 Å². The van der Waals surface area contributed by atoms with Gasteiger partial charge in [0, 0.05) is 48.4 Å². The Kier molecular flexibility index (Phi) is 7.93. The van der Waals surface area contributed by atoms with Gasteiger partial charge in [-0.2, -0.15) is 0 Å². The molecule has 3 rings (SSSR count). The molecule has 1 aliphatic rings. The summed E-state index contributed by atoms with van der Waals surface area (Å²) < 4.78 is 32.7. The molecule has 192 valence electrons. The lowest BCUT2D eigenvalue weighted by Crippen LogP contribution is -2.52. The Morgan fingerprint density at radius 3 is 2.49 bits per heavy atom. The first-order valence-electron chi connectivity index (χ1n) is 11.3. The van der Waals surface area contributed by atoms with Gasteiger partial charge in [0.05, 0.1) is 11.3 Å². The summed E-state index contributed by atoms with van der Waals surface area (Å²) in [5.41, 5.74) is -0.568. The van der Waals surface area contributed by atoms with Crippen LogP contribution in [0.2, 0.25) is 0 Å². The Morgan fingerprint density at radius 2 is 1.94 bits per heavy atom. The number of aromatic nitrogens is 2. The summed E-state index contributed by atoms with van der Waals surface area (Å²) in [6.45, 7) is 5.63. The van der Waals surface area contributed by atoms with Gasteiger partial charge < -0.3 is 14.9 Å². The fourth-order valence-corrected chi connectivity index (χ4v) is 5.84. The molecule has 1 saturated carbocycles. The van der Waals surface area contributed by atoms with Gasteiger partial charge in [0.2, 0.25) is 5.92 Å². The van der Waals surface area contributed by atoms with E-state index in [9.17, 15) is 23.5 Å². The normalized spacial score (nSPS) is 18.2. The Balaban J connectivity index is 1.92. The number of ether oxygens (including phenoxy) is 1. The third-order valence-corrected chi connectivity index (χ3v) is 7.97. The van der Waals surface area contributed by atoms with Gasteiger partial charge in [-0.25, -0.2) is 28.3 Å². The standard InChI is InChI=1S/C24H31F2N3O5S/c1-13-27-17(12-29(4)23(2,3)20(34-5)16(22(32)33)11-19(30)31)15-10-18(35-21(15)28-13)14-6-8-24(25,26)9-7-14/h10-11,14,20H,6-9,12H2,1-5H3,(H,30,31)(H,32,33). The molecule has 2 aromatic rings. The van der Waals surface area contributed by atoms with Crippen LogP contribution in [0.15, 0.2) is 17.7 Å². The molecule has 0 spiro atoms. The van der Waals surface area contributed by atoms with Gasteiger partial charge in [0.25, 0.3) is 0 Å². The Bertz CT molecular complexity index is 1140. The monoisotopic (exact) mass is 511 g/mol. The molecule has 8 nitrogen and oxygen atoms in total. The number of fused-ring (bicyclic) bond motifs is 1. The van der Waals surface area contributed by atoms with Crippen LogP contribution in [0.4, 0.5) is 8.78 Å². The molecular formula is C24H31F2N3O5S.